The molecule has 1 amide bonds. The van der Waals surface area contributed by atoms with E-state index < -0.39 is 0 Å². The Hall–Kier alpha value is -2.04. The highest BCUT2D eigenvalue weighted by Crippen LogP contribution is 2.36. The maximum absolute atomic E-state index is 12.7. The van der Waals surface area contributed by atoms with E-state index in [0.717, 1.165) is 42.2 Å². The first-order valence-corrected chi connectivity index (χ1v) is 10.6. The topological polar surface area (TPSA) is 35.6 Å². The highest BCUT2D eigenvalue weighted by Gasteiger charge is 2.34. The zero-order valence-electron chi connectivity index (χ0n) is 16.4. The van der Waals surface area contributed by atoms with Crippen molar-refractivity contribution in [1.29, 1.82) is 0 Å². The molecule has 2 aromatic carbocycles. The molecule has 148 valence electrons. The fraction of sp³-hybridized carbons (Fsp3) is 0.435. The Kier molecular flexibility index (Phi) is 5.88. The van der Waals surface area contributed by atoms with E-state index >= 15 is 0 Å². The lowest BCUT2D eigenvalue weighted by Gasteiger charge is -2.29. The Morgan fingerprint density at radius 3 is 2.46 bits per heavy atom. The summed E-state index contributed by atoms with van der Waals surface area (Å²) in [6.45, 7) is 4.77. The number of nitrogens with zero attached hydrogens (tertiary/aromatic N) is 2. The van der Waals surface area contributed by atoms with Crippen molar-refractivity contribution in [3.05, 3.63) is 59.1 Å². The number of halogens is 1. The molecular weight excluding hydrogens is 370 g/mol. The molecular formula is C23H28ClN3O. The SMILES string of the molecule is CC(c1ccccc1Cl)N(CC(=O)Nc1ccc(N2CCCC2)cc1)C1CC1. The average Bonchev–Trinajstić information content (AvgIpc) is 3.40. The molecule has 4 nitrogen and oxygen atoms in total. The van der Waals surface area contributed by atoms with E-state index in [2.05, 4.69) is 40.2 Å². The van der Waals surface area contributed by atoms with Gasteiger partial charge in [-0.05, 0) is 68.5 Å². The molecule has 0 aromatic heterocycles. The van der Waals surface area contributed by atoms with Crippen molar-refractivity contribution in [2.75, 3.05) is 29.9 Å². The minimum atomic E-state index is 0.0275. The van der Waals surface area contributed by atoms with Gasteiger partial charge in [0.25, 0.3) is 0 Å². The molecule has 2 aliphatic rings. The normalized spacial score (nSPS) is 17.8. The second kappa shape index (κ2) is 8.54. The molecule has 28 heavy (non-hydrogen) atoms. The largest absolute Gasteiger partial charge is 0.372 e. The highest BCUT2D eigenvalue weighted by atomic mass is 35.5. The third-order valence-electron chi connectivity index (χ3n) is 5.82. The quantitative estimate of drug-likeness (QED) is 0.705. The van der Waals surface area contributed by atoms with Crippen LogP contribution < -0.4 is 10.2 Å². The van der Waals surface area contributed by atoms with Gasteiger partial charge in [-0.3, -0.25) is 9.69 Å². The summed E-state index contributed by atoms with van der Waals surface area (Å²) in [7, 11) is 0. The standard InChI is InChI=1S/C23H28ClN3O/c1-17(21-6-2-3-7-22(21)24)27(20-12-13-20)16-23(28)25-18-8-10-19(11-9-18)26-14-4-5-15-26/h2-3,6-11,17,20H,4-5,12-16H2,1H3,(H,25,28). The van der Waals surface area contributed by atoms with E-state index in [1.54, 1.807) is 0 Å². The molecule has 1 heterocycles. The third-order valence-corrected chi connectivity index (χ3v) is 6.16. The third kappa shape index (κ3) is 4.50. The molecule has 1 unspecified atom stereocenters. The first kappa shape index (κ1) is 19.3. The highest BCUT2D eigenvalue weighted by molar-refractivity contribution is 6.31. The van der Waals surface area contributed by atoms with Crippen molar-refractivity contribution in [2.45, 2.75) is 44.7 Å². The van der Waals surface area contributed by atoms with Crippen molar-refractivity contribution >= 4 is 28.9 Å². The number of rotatable bonds is 7. The van der Waals surface area contributed by atoms with Gasteiger partial charge >= 0.3 is 0 Å². The number of anilines is 2. The smallest absolute Gasteiger partial charge is 0.238 e. The van der Waals surface area contributed by atoms with E-state index in [4.69, 9.17) is 11.6 Å². The van der Waals surface area contributed by atoms with Gasteiger partial charge in [-0.1, -0.05) is 29.8 Å². The molecule has 1 aliphatic carbocycles. The van der Waals surface area contributed by atoms with E-state index in [9.17, 15) is 4.79 Å². The molecule has 1 saturated carbocycles. The maximum atomic E-state index is 12.7. The summed E-state index contributed by atoms with van der Waals surface area (Å²) >= 11 is 6.39. The molecule has 5 heteroatoms. The molecule has 4 rings (SSSR count). The predicted octanol–water partition coefficient (Wildman–Crippen LogP) is 5.10. The van der Waals surface area contributed by atoms with Gasteiger partial charge in [0.15, 0.2) is 0 Å². The number of hydrogen-bond donors (Lipinski definition) is 1. The number of carbonyl (C=O) groups is 1. The van der Waals surface area contributed by atoms with E-state index in [0.29, 0.717) is 12.6 Å². The summed E-state index contributed by atoms with van der Waals surface area (Å²) in [6.07, 6.45) is 4.82. The van der Waals surface area contributed by atoms with Gasteiger partial charge in [-0.2, -0.15) is 0 Å². The average molecular weight is 398 g/mol. The molecule has 0 spiro atoms. The lowest BCUT2D eigenvalue weighted by atomic mass is 10.1. The second-order valence-corrected chi connectivity index (χ2v) is 8.30. The fourth-order valence-corrected chi connectivity index (χ4v) is 4.37. The van der Waals surface area contributed by atoms with Crippen LogP contribution in [-0.2, 0) is 4.79 Å². The zero-order chi connectivity index (χ0) is 19.5. The van der Waals surface area contributed by atoms with E-state index in [-0.39, 0.29) is 11.9 Å². The number of hydrogen-bond acceptors (Lipinski definition) is 3. The van der Waals surface area contributed by atoms with E-state index in [1.807, 2.05) is 30.3 Å². The maximum Gasteiger partial charge on any atom is 0.238 e. The van der Waals surface area contributed by atoms with Crippen LogP contribution in [0.15, 0.2) is 48.5 Å². The zero-order valence-corrected chi connectivity index (χ0v) is 17.2. The van der Waals surface area contributed by atoms with Crippen LogP contribution in [-0.4, -0.2) is 36.5 Å². The minimum absolute atomic E-state index is 0.0275. The second-order valence-electron chi connectivity index (χ2n) is 7.89. The van der Waals surface area contributed by atoms with Crippen molar-refractivity contribution in [1.82, 2.24) is 4.90 Å². The van der Waals surface area contributed by atoms with Crippen LogP contribution in [0, 0.1) is 0 Å². The Balaban J connectivity index is 1.39. The lowest BCUT2D eigenvalue weighted by Crippen LogP contribution is -2.37. The number of nitrogens with one attached hydrogen (secondary N) is 1. The monoisotopic (exact) mass is 397 g/mol. The molecule has 1 N–H and O–H groups in total. The molecule has 0 bridgehead atoms. The van der Waals surface area contributed by atoms with Crippen LogP contribution in [0.3, 0.4) is 0 Å². The number of carbonyl (C=O) groups excluding carboxylic acids is 1. The van der Waals surface area contributed by atoms with Gasteiger partial charge in [0.1, 0.15) is 0 Å². The number of benzene rings is 2. The van der Waals surface area contributed by atoms with Gasteiger partial charge in [0, 0.05) is 41.6 Å². The van der Waals surface area contributed by atoms with Gasteiger partial charge in [0.05, 0.1) is 6.54 Å². The summed E-state index contributed by atoms with van der Waals surface area (Å²) in [4.78, 5) is 17.4. The predicted molar refractivity (Wildman–Crippen MR) is 116 cm³/mol. The van der Waals surface area contributed by atoms with Crippen LogP contribution in [0.2, 0.25) is 5.02 Å². The Labute approximate surface area is 172 Å². The van der Waals surface area contributed by atoms with Gasteiger partial charge in [-0.15, -0.1) is 0 Å². The lowest BCUT2D eigenvalue weighted by molar-refractivity contribution is -0.118. The van der Waals surface area contributed by atoms with Gasteiger partial charge < -0.3 is 10.2 Å². The van der Waals surface area contributed by atoms with Crippen LogP contribution >= 0.6 is 11.6 Å². The summed E-state index contributed by atoms with van der Waals surface area (Å²) in [5.41, 5.74) is 3.18. The minimum Gasteiger partial charge on any atom is -0.372 e. The fourth-order valence-electron chi connectivity index (χ4n) is 4.08. The summed E-state index contributed by atoms with van der Waals surface area (Å²) in [5.74, 6) is 0.0275. The van der Waals surface area contributed by atoms with Crippen LogP contribution in [0.25, 0.3) is 0 Å². The Morgan fingerprint density at radius 1 is 1.14 bits per heavy atom. The summed E-state index contributed by atoms with van der Waals surface area (Å²) in [5, 5.41) is 3.82. The van der Waals surface area contributed by atoms with Crippen LogP contribution in [0.1, 0.15) is 44.2 Å². The van der Waals surface area contributed by atoms with Gasteiger partial charge in [0.2, 0.25) is 5.91 Å². The first-order valence-electron chi connectivity index (χ1n) is 10.3. The van der Waals surface area contributed by atoms with Crippen LogP contribution in [0.5, 0.6) is 0 Å². The molecule has 2 fully saturated rings. The Morgan fingerprint density at radius 2 is 1.82 bits per heavy atom. The van der Waals surface area contributed by atoms with Gasteiger partial charge in [-0.25, -0.2) is 0 Å². The Bertz CT molecular complexity index is 813. The number of amides is 1. The molecule has 1 saturated heterocycles. The molecule has 2 aromatic rings. The molecule has 1 atom stereocenters. The van der Waals surface area contributed by atoms with Crippen molar-refractivity contribution in [3.8, 4) is 0 Å². The van der Waals surface area contributed by atoms with Crippen molar-refractivity contribution in [2.24, 2.45) is 0 Å². The molecule has 0 radical (unpaired) electrons. The van der Waals surface area contributed by atoms with Crippen LogP contribution in [0.4, 0.5) is 11.4 Å². The summed E-state index contributed by atoms with van der Waals surface area (Å²) < 4.78 is 0. The first-order chi connectivity index (χ1) is 13.6. The summed E-state index contributed by atoms with van der Waals surface area (Å²) in [6, 6.07) is 16.7. The molecule has 1 aliphatic heterocycles. The van der Waals surface area contributed by atoms with E-state index in [1.165, 1.54) is 18.5 Å². The van der Waals surface area contributed by atoms with Crippen molar-refractivity contribution < 1.29 is 4.79 Å². The van der Waals surface area contributed by atoms with Crippen molar-refractivity contribution in [3.63, 3.8) is 0 Å².